The van der Waals surface area contributed by atoms with Crippen LogP contribution in [0.4, 0.5) is 5.69 Å². The fraction of sp³-hybridized carbons (Fsp3) is 0.412. The Morgan fingerprint density at radius 2 is 2.11 bits per heavy atom. The van der Waals surface area contributed by atoms with Gasteiger partial charge in [0.1, 0.15) is 16.7 Å². The molecule has 1 atom stereocenters. The summed E-state index contributed by atoms with van der Waals surface area (Å²) in [4.78, 5) is 12.6. The number of nitrogens with zero attached hydrogens (tertiary/aromatic N) is 2. The van der Waals surface area contributed by atoms with Crippen molar-refractivity contribution >= 4 is 21.6 Å². The number of hydrogen-bond donors (Lipinski definition) is 3. The number of likely N-dealkylation sites (N-methyl/N-ethyl adjacent to an activating group) is 1. The second-order valence-electron chi connectivity index (χ2n) is 6.42. The van der Waals surface area contributed by atoms with Crippen LogP contribution < -0.4 is 20.1 Å². The van der Waals surface area contributed by atoms with E-state index >= 15 is 0 Å². The molecule has 10 heteroatoms. The largest absolute Gasteiger partial charge is 0.495 e. The second-order valence-corrected chi connectivity index (χ2v) is 8.10. The molecule has 0 radical (unpaired) electrons. The first-order chi connectivity index (χ1) is 12.8. The standard InChI is InChI=1S/C17H23N5O4S/c1-18-16(11-9-19-22(2)10-11)17(23)20-13-6-7-14(26-3)15(8-13)27(24,25)21-12-4-5-12/h6-10,12,16,18,21H,4-5H2,1-3H3,(H,20,23). The Kier molecular flexibility index (Phi) is 5.49. The molecule has 1 aliphatic carbocycles. The maximum absolute atomic E-state index is 12.6. The Morgan fingerprint density at radius 1 is 1.37 bits per heavy atom. The molecule has 27 heavy (non-hydrogen) atoms. The maximum Gasteiger partial charge on any atom is 0.246 e. The molecule has 1 aliphatic rings. The molecule has 1 saturated carbocycles. The highest BCUT2D eigenvalue weighted by Gasteiger charge is 2.30. The smallest absolute Gasteiger partial charge is 0.246 e. The number of rotatable bonds is 8. The summed E-state index contributed by atoms with van der Waals surface area (Å²) in [6, 6.07) is 3.87. The minimum absolute atomic E-state index is 0.00270. The van der Waals surface area contributed by atoms with Crippen molar-refractivity contribution < 1.29 is 17.9 Å². The molecule has 1 aromatic carbocycles. The van der Waals surface area contributed by atoms with Gasteiger partial charge in [-0.3, -0.25) is 9.48 Å². The maximum atomic E-state index is 12.6. The van der Waals surface area contributed by atoms with Gasteiger partial charge in [-0.15, -0.1) is 0 Å². The second kappa shape index (κ2) is 7.67. The first kappa shape index (κ1) is 19.3. The zero-order valence-corrected chi connectivity index (χ0v) is 16.2. The van der Waals surface area contributed by atoms with E-state index in [9.17, 15) is 13.2 Å². The lowest BCUT2D eigenvalue weighted by atomic mass is 10.1. The van der Waals surface area contributed by atoms with Crippen LogP contribution in [0.25, 0.3) is 0 Å². The molecule has 146 valence electrons. The highest BCUT2D eigenvalue weighted by atomic mass is 32.2. The number of benzene rings is 1. The molecule has 1 amide bonds. The number of hydrogen-bond acceptors (Lipinski definition) is 6. The van der Waals surface area contributed by atoms with Gasteiger partial charge in [0.05, 0.1) is 13.3 Å². The summed E-state index contributed by atoms with van der Waals surface area (Å²) in [6.07, 6.45) is 4.99. The fourth-order valence-electron chi connectivity index (χ4n) is 2.70. The van der Waals surface area contributed by atoms with E-state index in [0.29, 0.717) is 11.3 Å². The van der Waals surface area contributed by atoms with E-state index in [1.54, 1.807) is 37.2 Å². The summed E-state index contributed by atoms with van der Waals surface area (Å²) in [5.74, 6) is -0.104. The summed E-state index contributed by atoms with van der Waals surface area (Å²) >= 11 is 0. The lowest BCUT2D eigenvalue weighted by Crippen LogP contribution is -2.30. The summed E-state index contributed by atoms with van der Waals surface area (Å²) in [7, 11) is 1.11. The van der Waals surface area contributed by atoms with Crippen LogP contribution in [0.2, 0.25) is 0 Å². The number of carbonyl (C=O) groups excluding carboxylic acids is 1. The van der Waals surface area contributed by atoms with Crippen LogP contribution in [-0.2, 0) is 21.9 Å². The molecular formula is C17H23N5O4S. The molecule has 9 nitrogen and oxygen atoms in total. The topological polar surface area (TPSA) is 114 Å². The van der Waals surface area contributed by atoms with E-state index in [2.05, 4.69) is 20.5 Å². The van der Waals surface area contributed by atoms with Crippen LogP contribution in [0.1, 0.15) is 24.4 Å². The van der Waals surface area contributed by atoms with E-state index in [1.807, 2.05) is 0 Å². The first-order valence-electron chi connectivity index (χ1n) is 8.51. The van der Waals surface area contributed by atoms with Gasteiger partial charge < -0.3 is 15.4 Å². The predicted octanol–water partition coefficient (Wildman–Crippen LogP) is 0.769. The summed E-state index contributed by atoms with van der Waals surface area (Å²) in [6.45, 7) is 0. The molecule has 1 aromatic heterocycles. The van der Waals surface area contributed by atoms with Gasteiger partial charge in [-0.05, 0) is 38.1 Å². The fourth-order valence-corrected chi connectivity index (χ4v) is 4.20. The van der Waals surface area contributed by atoms with Gasteiger partial charge in [-0.1, -0.05) is 0 Å². The van der Waals surface area contributed by atoms with Crippen LogP contribution in [0.15, 0.2) is 35.5 Å². The molecule has 3 rings (SSSR count). The molecule has 0 bridgehead atoms. The SMILES string of the molecule is CNC(C(=O)Nc1ccc(OC)c(S(=O)(=O)NC2CC2)c1)c1cnn(C)c1. The van der Waals surface area contributed by atoms with Gasteiger partial charge in [0, 0.05) is 30.5 Å². The highest BCUT2D eigenvalue weighted by molar-refractivity contribution is 7.89. The lowest BCUT2D eigenvalue weighted by Gasteiger charge is -2.16. The van der Waals surface area contributed by atoms with Crippen molar-refractivity contribution in [3.05, 3.63) is 36.2 Å². The average molecular weight is 393 g/mol. The third kappa shape index (κ3) is 4.46. The molecule has 1 heterocycles. The summed E-state index contributed by atoms with van der Waals surface area (Å²) in [5, 5.41) is 9.75. The van der Waals surface area contributed by atoms with Crippen molar-refractivity contribution in [2.45, 2.75) is 29.8 Å². The lowest BCUT2D eigenvalue weighted by molar-refractivity contribution is -0.118. The molecule has 2 aromatic rings. The number of methoxy groups -OCH3 is 1. The van der Waals surface area contributed by atoms with Crippen molar-refractivity contribution in [3.63, 3.8) is 0 Å². The molecular weight excluding hydrogens is 370 g/mol. The van der Waals surface area contributed by atoms with E-state index < -0.39 is 16.1 Å². The van der Waals surface area contributed by atoms with Crippen molar-refractivity contribution in [3.8, 4) is 5.75 Å². The molecule has 0 saturated heterocycles. The van der Waals surface area contributed by atoms with Crippen molar-refractivity contribution in [2.24, 2.45) is 7.05 Å². The summed E-state index contributed by atoms with van der Waals surface area (Å²) in [5.41, 5.74) is 1.07. The van der Waals surface area contributed by atoms with Crippen molar-refractivity contribution in [1.29, 1.82) is 0 Å². The number of nitrogens with one attached hydrogen (secondary N) is 3. The number of amides is 1. The summed E-state index contributed by atoms with van der Waals surface area (Å²) < 4.78 is 34.6. The number of aryl methyl sites for hydroxylation is 1. The van der Waals surface area contributed by atoms with Crippen LogP contribution in [0, 0.1) is 0 Å². The van der Waals surface area contributed by atoms with Gasteiger partial charge >= 0.3 is 0 Å². The van der Waals surface area contributed by atoms with Crippen LogP contribution in [-0.4, -0.2) is 44.3 Å². The Bertz CT molecular complexity index is 937. The van der Waals surface area contributed by atoms with E-state index in [-0.39, 0.29) is 22.6 Å². The number of aromatic nitrogens is 2. The first-order valence-corrected chi connectivity index (χ1v) is 9.99. The van der Waals surface area contributed by atoms with Crippen molar-refractivity contribution in [2.75, 3.05) is 19.5 Å². The third-order valence-corrected chi connectivity index (χ3v) is 5.77. The monoisotopic (exact) mass is 393 g/mol. The van der Waals surface area contributed by atoms with Gasteiger partial charge in [0.2, 0.25) is 15.9 Å². The van der Waals surface area contributed by atoms with Gasteiger partial charge in [-0.25, -0.2) is 13.1 Å². The van der Waals surface area contributed by atoms with Crippen LogP contribution in [0.3, 0.4) is 0 Å². The molecule has 0 spiro atoms. The zero-order valence-electron chi connectivity index (χ0n) is 15.4. The van der Waals surface area contributed by atoms with Gasteiger partial charge in [0.25, 0.3) is 0 Å². The Balaban J connectivity index is 1.84. The Labute approximate surface area is 158 Å². The number of carbonyl (C=O) groups is 1. The molecule has 1 unspecified atom stereocenters. The Hall–Kier alpha value is -2.43. The van der Waals surface area contributed by atoms with Crippen LogP contribution in [0.5, 0.6) is 5.75 Å². The third-order valence-electron chi connectivity index (χ3n) is 4.23. The predicted molar refractivity (Wildman–Crippen MR) is 100.0 cm³/mol. The van der Waals surface area contributed by atoms with E-state index in [0.717, 1.165) is 12.8 Å². The minimum Gasteiger partial charge on any atom is -0.495 e. The number of anilines is 1. The van der Waals surface area contributed by atoms with Crippen LogP contribution >= 0.6 is 0 Å². The van der Waals surface area contributed by atoms with Gasteiger partial charge in [-0.2, -0.15) is 5.10 Å². The molecule has 1 fully saturated rings. The Morgan fingerprint density at radius 3 is 2.67 bits per heavy atom. The zero-order chi connectivity index (χ0) is 19.6. The van der Waals surface area contributed by atoms with Crippen molar-refractivity contribution in [1.82, 2.24) is 19.8 Å². The quantitative estimate of drug-likeness (QED) is 0.610. The molecule has 3 N–H and O–H groups in total. The van der Waals surface area contributed by atoms with E-state index in [4.69, 9.17) is 4.74 Å². The van der Waals surface area contributed by atoms with E-state index in [1.165, 1.54) is 19.2 Å². The minimum atomic E-state index is -3.73. The molecule has 0 aliphatic heterocycles. The number of ether oxygens (including phenoxy) is 1. The normalized spacial score (nSPS) is 15.4. The number of sulfonamides is 1. The average Bonchev–Trinajstić information content (AvgIpc) is 3.33. The van der Waals surface area contributed by atoms with Gasteiger partial charge in [0.15, 0.2) is 0 Å². The highest BCUT2D eigenvalue weighted by Crippen LogP contribution is 2.30.